The van der Waals surface area contributed by atoms with E-state index < -0.39 is 16.3 Å². The Morgan fingerprint density at radius 3 is 2.36 bits per heavy atom. The minimum Gasteiger partial charge on any atom is -0.446 e. The summed E-state index contributed by atoms with van der Waals surface area (Å²) >= 11 is 0. The molecular weight excluding hydrogens is 480 g/mol. The highest BCUT2D eigenvalue weighted by Crippen LogP contribution is 2.40. The Hall–Kier alpha value is -3.11. The van der Waals surface area contributed by atoms with Crippen LogP contribution < -0.4 is 14.5 Å². The molecule has 194 valence electrons. The van der Waals surface area contributed by atoms with Gasteiger partial charge in [-0.25, -0.2) is 4.79 Å². The third-order valence-electron chi connectivity index (χ3n) is 6.72. The van der Waals surface area contributed by atoms with E-state index in [0.29, 0.717) is 23.6 Å². The van der Waals surface area contributed by atoms with Crippen LogP contribution in [0.3, 0.4) is 0 Å². The van der Waals surface area contributed by atoms with Gasteiger partial charge >= 0.3 is 16.3 Å². The Morgan fingerprint density at radius 2 is 1.69 bits per heavy atom. The van der Waals surface area contributed by atoms with Crippen LogP contribution in [0, 0.1) is 0 Å². The monoisotopic (exact) mass is 514 g/mol. The molecule has 1 fully saturated rings. The molecule has 4 rings (SSSR count). The molecule has 2 amide bonds. The molecule has 2 aliphatic rings. The lowest BCUT2D eigenvalue weighted by Crippen LogP contribution is -2.52. The van der Waals surface area contributed by atoms with Crippen molar-refractivity contribution in [1.29, 1.82) is 0 Å². The van der Waals surface area contributed by atoms with Gasteiger partial charge in [0, 0.05) is 27.6 Å². The number of benzene rings is 2. The van der Waals surface area contributed by atoms with Crippen molar-refractivity contribution in [3.8, 4) is 11.1 Å². The summed E-state index contributed by atoms with van der Waals surface area (Å²) in [4.78, 5) is 29.1. The minimum absolute atomic E-state index is 0.0829. The predicted octanol–water partition coefficient (Wildman–Crippen LogP) is 4.60. The van der Waals surface area contributed by atoms with Crippen molar-refractivity contribution >= 4 is 39.3 Å². The first-order valence-corrected chi connectivity index (χ1v) is 13.7. The molecule has 2 aromatic rings. The van der Waals surface area contributed by atoms with Crippen LogP contribution in [0.25, 0.3) is 11.1 Å². The lowest BCUT2D eigenvalue weighted by atomic mass is 9.98. The maximum absolute atomic E-state index is 13.3. The van der Waals surface area contributed by atoms with E-state index in [4.69, 9.17) is 4.74 Å². The van der Waals surface area contributed by atoms with Crippen LogP contribution in [0.2, 0.25) is 0 Å². The second-order valence-corrected chi connectivity index (χ2v) is 11.6. The number of amides is 2. The molecule has 0 saturated heterocycles. The summed E-state index contributed by atoms with van der Waals surface area (Å²) in [7, 11) is -0.738. The molecule has 1 saturated carbocycles. The predicted molar refractivity (Wildman–Crippen MR) is 141 cm³/mol. The van der Waals surface area contributed by atoms with Crippen LogP contribution in [0.5, 0.6) is 0 Å². The van der Waals surface area contributed by atoms with Gasteiger partial charge in [0.2, 0.25) is 5.91 Å². The Balaban J connectivity index is 1.69. The molecule has 2 aromatic carbocycles. The Bertz CT molecular complexity index is 1240. The molecule has 0 bridgehead atoms. The Labute approximate surface area is 213 Å². The number of hydrogen-bond donors (Lipinski definition) is 1. The van der Waals surface area contributed by atoms with Gasteiger partial charge in [0.1, 0.15) is 6.10 Å². The van der Waals surface area contributed by atoms with Crippen LogP contribution in [0.4, 0.5) is 21.9 Å². The maximum Gasteiger partial charge on any atom is 0.414 e. The Morgan fingerprint density at radius 1 is 1.00 bits per heavy atom. The molecule has 10 heteroatoms. The van der Waals surface area contributed by atoms with E-state index in [1.54, 1.807) is 28.0 Å². The molecule has 1 aliphatic heterocycles. The zero-order chi connectivity index (χ0) is 26.0. The van der Waals surface area contributed by atoms with E-state index in [1.807, 2.05) is 31.2 Å². The molecule has 0 unspecified atom stereocenters. The van der Waals surface area contributed by atoms with E-state index in [9.17, 15) is 18.0 Å². The largest absolute Gasteiger partial charge is 0.446 e. The normalized spacial score (nSPS) is 18.6. The van der Waals surface area contributed by atoms with Crippen LogP contribution >= 0.6 is 0 Å². The summed E-state index contributed by atoms with van der Waals surface area (Å²) in [6.07, 6.45) is 4.54. The number of nitrogens with zero attached hydrogens (tertiary/aromatic N) is 3. The molecule has 9 nitrogen and oxygen atoms in total. The third-order valence-corrected chi connectivity index (χ3v) is 8.17. The van der Waals surface area contributed by atoms with Crippen molar-refractivity contribution in [3.63, 3.8) is 0 Å². The topological polar surface area (TPSA) is 99.3 Å². The number of rotatable bonds is 5. The van der Waals surface area contributed by atoms with E-state index in [-0.39, 0.29) is 18.1 Å². The van der Waals surface area contributed by atoms with Gasteiger partial charge in [0.05, 0.1) is 23.1 Å². The quantitative estimate of drug-likeness (QED) is 0.629. The third kappa shape index (κ3) is 5.49. The summed E-state index contributed by atoms with van der Waals surface area (Å²) in [5.41, 5.74) is 3.22. The van der Waals surface area contributed by atoms with Crippen LogP contribution in [-0.4, -0.2) is 57.5 Å². The molecule has 1 atom stereocenters. The van der Waals surface area contributed by atoms with Gasteiger partial charge in [-0.3, -0.25) is 14.4 Å². The molecule has 1 aliphatic carbocycles. The van der Waals surface area contributed by atoms with Gasteiger partial charge in [0.15, 0.2) is 0 Å². The number of fused-ring (bicyclic) bond motifs is 1. The van der Waals surface area contributed by atoms with Crippen molar-refractivity contribution in [2.45, 2.75) is 58.1 Å². The van der Waals surface area contributed by atoms with Crippen LogP contribution in [-0.2, 0) is 19.7 Å². The number of carbonyl (C=O) groups excluding carboxylic acids is 2. The fraction of sp³-hybridized carbons (Fsp3) is 0.462. The number of anilines is 3. The van der Waals surface area contributed by atoms with Crippen molar-refractivity contribution < 1.29 is 22.7 Å². The van der Waals surface area contributed by atoms with Crippen LogP contribution in [0.1, 0.15) is 46.0 Å². The summed E-state index contributed by atoms with van der Waals surface area (Å²) in [6.45, 7) is 3.76. The van der Waals surface area contributed by atoms with Crippen molar-refractivity contribution in [2.24, 2.45) is 0 Å². The van der Waals surface area contributed by atoms with Gasteiger partial charge in [-0.15, -0.1) is 0 Å². The smallest absolute Gasteiger partial charge is 0.414 e. The highest BCUT2D eigenvalue weighted by molar-refractivity contribution is 7.90. The SMILES string of the molecule is CC(=O)N1c2ccc(-c3cccc(NS(=O)(=O)N(C)C)c3)cc2N(C(=O)OC2CCCCC2)C[C@@H]1C. The molecule has 0 aromatic heterocycles. The second-order valence-electron chi connectivity index (χ2n) is 9.67. The first kappa shape index (κ1) is 26.0. The first-order chi connectivity index (χ1) is 17.1. The Kier molecular flexibility index (Phi) is 7.56. The number of nitrogens with one attached hydrogen (secondary N) is 1. The zero-order valence-corrected chi connectivity index (χ0v) is 22.0. The van der Waals surface area contributed by atoms with E-state index >= 15 is 0 Å². The molecule has 0 radical (unpaired) electrons. The standard InChI is InChI=1S/C26H34N4O5S/c1-18-17-29(26(32)35-23-11-6-5-7-12-23)25-16-21(13-14-24(25)30(18)19(2)31)20-9-8-10-22(15-20)27-36(33,34)28(3)4/h8-10,13-16,18,23,27H,5-7,11-12,17H2,1-4H3/t18-/m0/s1. The average Bonchev–Trinajstić information content (AvgIpc) is 2.83. The van der Waals surface area contributed by atoms with E-state index in [1.165, 1.54) is 27.4 Å². The van der Waals surface area contributed by atoms with Crippen molar-refractivity contribution in [2.75, 3.05) is 35.2 Å². The first-order valence-electron chi connectivity index (χ1n) is 12.3. The molecule has 1 N–H and O–H groups in total. The van der Waals surface area contributed by atoms with Crippen molar-refractivity contribution in [1.82, 2.24) is 4.31 Å². The van der Waals surface area contributed by atoms with Crippen LogP contribution in [0.15, 0.2) is 42.5 Å². The fourth-order valence-corrected chi connectivity index (χ4v) is 5.46. The molecule has 1 heterocycles. The van der Waals surface area contributed by atoms with Gasteiger partial charge < -0.3 is 9.64 Å². The van der Waals surface area contributed by atoms with E-state index in [0.717, 1.165) is 41.1 Å². The number of hydrogen-bond acceptors (Lipinski definition) is 5. The second kappa shape index (κ2) is 10.5. The summed E-state index contributed by atoms with van der Waals surface area (Å²) < 4.78 is 34.1. The van der Waals surface area contributed by atoms with Gasteiger partial charge in [-0.2, -0.15) is 12.7 Å². The molecular formula is C26H34N4O5S. The average molecular weight is 515 g/mol. The number of carbonyl (C=O) groups is 2. The highest BCUT2D eigenvalue weighted by atomic mass is 32.2. The maximum atomic E-state index is 13.3. The summed E-state index contributed by atoms with van der Waals surface area (Å²) in [5.74, 6) is -0.100. The van der Waals surface area contributed by atoms with E-state index in [2.05, 4.69) is 4.72 Å². The zero-order valence-electron chi connectivity index (χ0n) is 21.2. The lowest BCUT2D eigenvalue weighted by molar-refractivity contribution is -0.117. The summed E-state index contributed by atoms with van der Waals surface area (Å²) in [5, 5.41) is 0. The molecule has 36 heavy (non-hydrogen) atoms. The summed E-state index contributed by atoms with van der Waals surface area (Å²) in [6, 6.07) is 12.4. The fourth-order valence-electron chi connectivity index (χ4n) is 4.85. The molecule has 0 spiro atoms. The van der Waals surface area contributed by atoms with Gasteiger partial charge in [0.25, 0.3) is 0 Å². The lowest BCUT2D eigenvalue weighted by Gasteiger charge is -2.41. The van der Waals surface area contributed by atoms with Gasteiger partial charge in [-0.05, 0) is 68.0 Å². The van der Waals surface area contributed by atoms with Crippen molar-refractivity contribution in [3.05, 3.63) is 42.5 Å². The highest BCUT2D eigenvalue weighted by Gasteiger charge is 2.35. The number of ether oxygens (including phenoxy) is 1. The minimum atomic E-state index is -3.65. The van der Waals surface area contributed by atoms with Gasteiger partial charge in [-0.1, -0.05) is 24.6 Å².